The second kappa shape index (κ2) is 9.53. The molecule has 0 spiro atoms. The van der Waals surface area contributed by atoms with Crippen molar-refractivity contribution >= 4 is 23.6 Å². The third kappa shape index (κ3) is 4.78. The van der Waals surface area contributed by atoms with Gasteiger partial charge in [-0.2, -0.15) is 10.4 Å². The largest absolute Gasteiger partial charge is 0.456 e. The maximum absolute atomic E-state index is 13.0. The second-order valence-electron chi connectivity index (χ2n) is 10.2. The van der Waals surface area contributed by atoms with Gasteiger partial charge < -0.3 is 15.4 Å². The molecule has 0 aliphatic heterocycles. The molecular formula is C26H29N5O4. The summed E-state index contributed by atoms with van der Waals surface area (Å²) in [4.78, 5) is 37.5. The Hall–Kier alpha value is -3.67. The molecule has 1 aromatic heterocycles. The standard InChI is InChI=1S/C26H29N5O4/c27-14-20-15-29-31(21-4-2-1-3-5-21)24(20)30-22(32)16-35-23(33)6-7-28-25(34)26-11-17-8-18(12-26)10-19(9-17)13-26/h1-5,15,17-19H,6-13,16H2,(H,28,34)(H,30,32). The Morgan fingerprint density at radius 3 is 2.37 bits per heavy atom. The van der Waals surface area contributed by atoms with Gasteiger partial charge >= 0.3 is 5.97 Å². The molecule has 0 saturated heterocycles. The van der Waals surface area contributed by atoms with Gasteiger partial charge in [-0.1, -0.05) is 18.2 Å². The Morgan fingerprint density at radius 2 is 1.74 bits per heavy atom. The molecule has 2 N–H and O–H groups in total. The summed E-state index contributed by atoms with van der Waals surface area (Å²) in [6.45, 7) is -0.299. The van der Waals surface area contributed by atoms with Gasteiger partial charge in [0.05, 0.1) is 18.3 Å². The SMILES string of the molecule is N#Cc1cnn(-c2ccccc2)c1NC(=O)COC(=O)CCNC(=O)C12CC3CC(CC(C3)C1)C2. The Labute approximate surface area is 203 Å². The van der Waals surface area contributed by atoms with Gasteiger partial charge in [0.15, 0.2) is 12.4 Å². The third-order valence-corrected chi connectivity index (χ3v) is 7.65. The number of ether oxygens (including phenoxy) is 1. The van der Waals surface area contributed by atoms with E-state index in [2.05, 4.69) is 15.7 Å². The van der Waals surface area contributed by atoms with Crippen LogP contribution in [-0.2, 0) is 19.1 Å². The van der Waals surface area contributed by atoms with Gasteiger partial charge in [-0.15, -0.1) is 0 Å². The molecule has 4 fully saturated rings. The van der Waals surface area contributed by atoms with Crippen LogP contribution in [0.4, 0.5) is 5.82 Å². The molecule has 35 heavy (non-hydrogen) atoms. The topological polar surface area (TPSA) is 126 Å². The van der Waals surface area contributed by atoms with Crippen molar-refractivity contribution in [3.8, 4) is 11.8 Å². The molecule has 1 heterocycles. The van der Waals surface area contributed by atoms with Crippen molar-refractivity contribution in [2.45, 2.75) is 44.9 Å². The molecular weight excluding hydrogens is 446 g/mol. The van der Waals surface area contributed by atoms with Gasteiger partial charge in [-0.05, 0) is 68.4 Å². The molecule has 4 saturated carbocycles. The molecule has 182 valence electrons. The van der Waals surface area contributed by atoms with Crippen LogP contribution in [0.5, 0.6) is 0 Å². The monoisotopic (exact) mass is 475 g/mol. The predicted octanol–water partition coefficient (Wildman–Crippen LogP) is 2.95. The highest BCUT2D eigenvalue weighted by atomic mass is 16.5. The molecule has 0 unspecified atom stereocenters. The summed E-state index contributed by atoms with van der Waals surface area (Å²) in [6, 6.07) is 11.1. The summed E-state index contributed by atoms with van der Waals surface area (Å²) < 4.78 is 6.53. The van der Waals surface area contributed by atoms with Gasteiger partial charge in [0.2, 0.25) is 5.91 Å². The molecule has 2 aromatic rings. The number of aromatic nitrogens is 2. The Balaban J connectivity index is 1.08. The number of carbonyl (C=O) groups is 3. The first kappa shape index (κ1) is 23.1. The van der Waals surface area contributed by atoms with Gasteiger partial charge in [-0.25, -0.2) is 4.68 Å². The first-order valence-electron chi connectivity index (χ1n) is 12.2. The zero-order valence-corrected chi connectivity index (χ0v) is 19.5. The maximum Gasteiger partial charge on any atom is 0.308 e. The van der Waals surface area contributed by atoms with Crippen molar-refractivity contribution < 1.29 is 19.1 Å². The molecule has 6 rings (SSSR count). The van der Waals surface area contributed by atoms with Crippen molar-refractivity contribution in [2.24, 2.45) is 23.2 Å². The Bertz CT molecular complexity index is 1130. The van der Waals surface area contributed by atoms with Crippen LogP contribution in [0, 0.1) is 34.5 Å². The van der Waals surface area contributed by atoms with Crippen molar-refractivity contribution in [1.29, 1.82) is 5.26 Å². The van der Waals surface area contributed by atoms with Crippen LogP contribution in [-0.4, -0.2) is 40.7 Å². The predicted molar refractivity (Wildman–Crippen MR) is 126 cm³/mol. The number of benzene rings is 1. The van der Waals surface area contributed by atoms with Crippen LogP contribution in [0.3, 0.4) is 0 Å². The first-order chi connectivity index (χ1) is 17.0. The minimum absolute atomic E-state index is 0.00320. The van der Waals surface area contributed by atoms with Crippen molar-refractivity contribution in [3.63, 3.8) is 0 Å². The number of carbonyl (C=O) groups excluding carboxylic acids is 3. The second-order valence-corrected chi connectivity index (χ2v) is 10.2. The number of amides is 2. The molecule has 9 nitrogen and oxygen atoms in total. The number of para-hydroxylation sites is 1. The number of nitrogens with zero attached hydrogens (tertiary/aromatic N) is 3. The molecule has 4 aliphatic carbocycles. The average Bonchev–Trinajstić information content (AvgIpc) is 3.24. The minimum Gasteiger partial charge on any atom is -0.456 e. The fourth-order valence-corrected chi connectivity index (χ4v) is 6.56. The number of esters is 1. The molecule has 9 heteroatoms. The molecule has 4 aliphatic rings. The smallest absolute Gasteiger partial charge is 0.308 e. The van der Waals surface area contributed by atoms with Crippen LogP contribution in [0.1, 0.15) is 50.5 Å². The van der Waals surface area contributed by atoms with Gasteiger partial charge in [0, 0.05) is 12.0 Å². The first-order valence-corrected chi connectivity index (χ1v) is 12.2. The summed E-state index contributed by atoms with van der Waals surface area (Å²) in [5, 5.41) is 19.1. The third-order valence-electron chi connectivity index (χ3n) is 7.65. The van der Waals surface area contributed by atoms with Crippen LogP contribution in [0.2, 0.25) is 0 Å². The number of anilines is 1. The summed E-state index contributed by atoms with van der Waals surface area (Å²) in [7, 11) is 0. The quantitative estimate of drug-likeness (QED) is 0.566. The fourth-order valence-electron chi connectivity index (χ4n) is 6.56. The maximum atomic E-state index is 13.0. The van der Waals surface area contributed by atoms with E-state index in [4.69, 9.17) is 4.74 Å². The highest BCUT2D eigenvalue weighted by Gasteiger charge is 2.54. The molecule has 2 amide bonds. The van der Waals surface area contributed by atoms with E-state index in [-0.39, 0.29) is 35.7 Å². The minimum atomic E-state index is -0.579. The lowest BCUT2D eigenvalue weighted by Gasteiger charge is -2.55. The summed E-state index contributed by atoms with van der Waals surface area (Å²) in [5.74, 6) is 1.16. The fraction of sp³-hybridized carbons (Fsp3) is 0.500. The van der Waals surface area contributed by atoms with E-state index in [9.17, 15) is 19.6 Å². The van der Waals surface area contributed by atoms with Crippen LogP contribution in [0.15, 0.2) is 36.5 Å². The number of nitrogens with one attached hydrogen (secondary N) is 2. The lowest BCUT2D eigenvalue weighted by Crippen LogP contribution is -2.53. The summed E-state index contributed by atoms with van der Waals surface area (Å²) >= 11 is 0. The highest BCUT2D eigenvalue weighted by molar-refractivity contribution is 5.93. The van der Waals surface area contributed by atoms with Crippen molar-refractivity contribution in [1.82, 2.24) is 15.1 Å². The van der Waals surface area contributed by atoms with Crippen molar-refractivity contribution in [3.05, 3.63) is 42.1 Å². The van der Waals surface area contributed by atoms with Crippen molar-refractivity contribution in [2.75, 3.05) is 18.5 Å². The number of nitriles is 1. The Kier molecular flexibility index (Phi) is 6.29. The highest BCUT2D eigenvalue weighted by Crippen LogP contribution is 2.60. The Morgan fingerprint density at radius 1 is 1.09 bits per heavy atom. The molecule has 0 radical (unpaired) electrons. The molecule has 0 atom stereocenters. The lowest BCUT2D eigenvalue weighted by molar-refractivity contribution is -0.148. The van der Waals surface area contributed by atoms with Gasteiger partial charge in [-0.3, -0.25) is 14.4 Å². The molecule has 4 bridgehead atoms. The zero-order valence-electron chi connectivity index (χ0n) is 19.5. The van der Waals surface area contributed by atoms with E-state index in [0.29, 0.717) is 23.4 Å². The van der Waals surface area contributed by atoms with E-state index in [1.165, 1.54) is 30.1 Å². The van der Waals surface area contributed by atoms with E-state index in [1.807, 2.05) is 24.3 Å². The van der Waals surface area contributed by atoms with Gasteiger partial charge in [0.1, 0.15) is 11.6 Å². The average molecular weight is 476 g/mol. The summed E-state index contributed by atoms with van der Waals surface area (Å²) in [6.07, 6.45) is 8.08. The van der Waals surface area contributed by atoms with E-state index in [1.54, 1.807) is 12.1 Å². The van der Waals surface area contributed by atoms with Crippen LogP contribution in [0.25, 0.3) is 5.69 Å². The van der Waals surface area contributed by atoms with E-state index < -0.39 is 18.5 Å². The molecule has 1 aromatic carbocycles. The van der Waals surface area contributed by atoms with Crippen LogP contribution >= 0.6 is 0 Å². The number of hydrogen-bond acceptors (Lipinski definition) is 6. The van der Waals surface area contributed by atoms with Gasteiger partial charge in [0.25, 0.3) is 5.91 Å². The normalized spacial score (nSPS) is 26.1. The zero-order chi connectivity index (χ0) is 24.4. The number of hydrogen-bond donors (Lipinski definition) is 2. The van der Waals surface area contributed by atoms with Crippen LogP contribution < -0.4 is 10.6 Å². The number of rotatable bonds is 8. The lowest BCUT2D eigenvalue weighted by atomic mass is 9.49. The van der Waals surface area contributed by atoms with E-state index in [0.717, 1.165) is 19.3 Å². The van der Waals surface area contributed by atoms with E-state index >= 15 is 0 Å². The summed E-state index contributed by atoms with van der Waals surface area (Å²) in [5.41, 5.74) is 0.621.